The maximum atomic E-state index is 13.6. The fourth-order valence-corrected chi connectivity index (χ4v) is 5.74. The molecule has 0 spiro atoms. The summed E-state index contributed by atoms with van der Waals surface area (Å²) in [7, 11) is -3.89. The van der Waals surface area contributed by atoms with Crippen LogP contribution < -0.4 is 10.6 Å². The Kier molecular flexibility index (Phi) is 12.6. The lowest BCUT2D eigenvalue weighted by atomic mass is 9.85. The SMILES string of the molecule is CC(C)CCN(CC(O)C(Cc1ccccc1)NC(=O)C(NC(=O)CBr)C(C)(C)C)S(=O)(=O)c1ccccc1. The van der Waals surface area contributed by atoms with E-state index in [4.69, 9.17) is 0 Å². The Balaban J connectivity index is 2.39. The number of benzene rings is 2. The van der Waals surface area contributed by atoms with E-state index < -0.39 is 39.5 Å². The molecule has 0 aliphatic carbocycles. The first kappa shape index (κ1) is 32.9. The second-order valence-corrected chi connectivity index (χ2v) is 13.7. The second-order valence-electron chi connectivity index (χ2n) is 11.2. The summed E-state index contributed by atoms with van der Waals surface area (Å²) in [5, 5.41) is 17.2. The number of nitrogens with zero attached hydrogens (tertiary/aromatic N) is 1. The number of hydrogen-bond acceptors (Lipinski definition) is 5. The van der Waals surface area contributed by atoms with Gasteiger partial charge >= 0.3 is 0 Å². The standard InChI is InChI=1S/C29H42BrN3O5S/c1-21(2)16-17-33(39(37,38)23-14-10-7-11-15-23)20-25(34)24(18-22-12-8-6-9-13-22)31-28(36)27(29(3,4)5)32-26(35)19-30/h6-15,21,24-25,27,34H,16-20H2,1-5H3,(H,31,36)(H,32,35). The minimum Gasteiger partial charge on any atom is -0.390 e. The highest BCUT2D eigenvalue weighted by Crippen LogP contribution is 2.22. The van der Waals surface area contributed by atoms with Crippen LogP contribution in [0.15, 0.2) is 65.6 Å². The van der Waals surface area contributed by atoms with E-state index in [9.17, 15) is 23.1 Å². The maximum Gasteiger partial charge on any atom is 0.243 e. The third-order valence-electron chi connectivity index (χ3n) is 6.37. The van der Waals surface area contributed by atoms with Crippen molar-refractivity contribution in [2.75, 3.05) is 18.4 Å². The van der Waals surface area contributed by atoms with Crippen LogP contribution in [-0.2, 0) is 26.0 Å². The summed E-state index contributed by atoms with van der Waals surface area (Å²) in [6, 6.07) is 15.8. The van der Waals surface area contributed by atoms with Gasteiger partial charge in [-0.1, -0.05) is 99.1 Å². The number of amides is 2. The zero-order valence-corrected chi connectivity index (χ0v) is 25.8. The number of aliphatic hydroxyl groups is 1. The summed E-state index contributed by atoms with van der Waals surface area (Å²) in [5.41, 5.74) is 0.266. The Labute approximate surface area is 241 Å². The summed E-state index contributed by atoms with van der Waals surface area (Å²) < 4.78 is 28.4. The number of hydrogen-bond donors (Lipinski definition) is 3. The van der Waals surface area contributed by atoms with Crippen LogP contribution in [-0.4, -0.2) is 66.3 Å². The first-order chi connectivity index (χ1) is 18.3. The number of carbonyl (C=O) groups excluding carboxylic acids is 2. The van der Waals surface area contributed by atoms with Crippen LogP contribution in [0.3, 0.4) is 0 Å². The van der Waals surface area contributed by atoms with E-state index in [1.165, 1.54) is 16.4 Å². The van der Waals surface area contributed by atoms with Crippen LogP contribution in [0.1, 0.15) is 46.6 Å². The average Bonchev–Trinajstić information content (AvgIpc) is 2.89. The van der Waals surface area contributed by atoms with E-state index in [0.29, 0.717) is 6.42 Å². The number of halogens is 1. The van der Waals surface area contributed by atoms with Crippen molar-refractivity contribution in [3.63, 3.8) is 0 Å². The number of rotatable bonds is 14. The van der Waals surface area contributed by atoms with E-state index >= 15 is 0 Å². The van der Waals surface area contributed by atoms with E-state index in [-0.39, 0.29) is 41.6 Å². The molecule has 0 saturated heterocycles. The number of sulfonamides is 1. The topological polar surface area (TPSA) is 116 Å². The van der Waals surface area contributed by atoms with Crippen molar-refractivity contribution in [1.29, 1.82) is 0 Å². The van der Waals surface area contributed by atoms with Gasteiger partial charge in [-0.3, -0.25) is 9.59 Å². The monoisotopic (exact) mass is 623 g/mol. The summed E-state index contributed by atoms with van der Waals surface area (Å²) in [4.78, 5) is 25.8. The molecule has 39 heavy (non-hydrogen) atoms. The largest absolute Gasteiger partial charge is 0.390 e. The predicted molar refractivity (Wildman–Crippen MR) is 158 cm³/mol. The maximum absolute atomic E-state index is 13.6. The zero-order chi connectivity index (χ0) is 29.2. The molecule has 0 heterocycles. The highest BCUT2D eigenvalue weighted by Gasteiger charge is 2.36. The van der Waals surface area contributed by atoms with Crippen molar-refractivity contribution >= 4 is 37.8 Å². The van der Waals surface area contributed by atoms with E-state index in [2.05, 4.69) is 26.6 Å². The molecule has 2 rings (SSSR count). The number of aliphatic hydroxyl groups excluding tert-OH is 1. The molecular weight excluding hydrogens is 582 g/mol. The molecule has 8 nitrogen and oxygen atoms in total. The van der Waals surface area contributed by atoms with Crippen molar-refractivity contribution in [3.8, 4) is 0 Å². The van der Waals surface area contributed by atoms with Gasteiger partial charge in [-0.25, -0.2) is 8.42 Å². The van der Waals surface area contributed by atoms with Gasteiger partial charge in [0.1, 0.15) is 6.04 Å². The van der Waals surface area contributed by atoms with Crippen LogP contribution in [0.4, 0.5) is 0 Å². The molecule has 0 aromatic heterocycles. The van der Waals surface area contributed by atoms with Gasteiger partial charge in [0.15, 0.2) is 0 Å². The third kappa shape index (κ3) is 10.3. The van der Waals surface area contributed by atoms with Crippen molar-refractivity contribution in [2.45, 2.75) is 70.5 Å². The first-order valence-electron chi connectivity index (χ1n) is 13.2. The fourth-order valence-electron chi connectivity index (χ4n) is 4.08. The van der Waals surface area contributed by atoms with Crippen molar-refractivity contribution in [3.05, 3.63) is 66.2 Å². The summed E-state index contributed by atoms with van der Waals surface area (Å²) in [5.74, 6) is -0.531. The summed E-state index contributed by atoms with van der Waals surface area (Å²) in [6.45, 7) is 9.57. The van der Waals surface area contributed by atoms with Crippen LogP contribution in [0, 0.1) is 11.3 Å². The molecule has 0 fully saturated rings. The van der Waals surface area contributed by atoms with Gasteiger partial charge < -0.3 is 15.7 Å². The smallest absolute Gasteiger partial charge is 0.243 e. The van der Waals surface area contributed by atoms with Crippen molar-refractivity contribution < 1.29 is 23.1 Å². The lowest BCUT2D eigenvalue weighted by Gasteiger charge is -2.34. The quantitative estimate of drug-likeness (QED) is 0.277. The Bertz CT molecular complexity index is 1150. The average molecular weight is 625 g/mol. The molecule has 3 N–H and O–H groups in total. The van der Waals surface area contributed by atoms with Gasteiger partial charge in [0.25, 0.3) is 0 Å². The van der Waals surface area contributed by atoms with Gasteiger partial charge in [0.2, 0.25) is 21.8 Å². The minimum atomic E-state index is -3.89. The second kappa shape index (κ2) is 14.9. The Morgan fingerprint density at radius 2 is 1.54 bits per heavy atom. The highest BCUT2D eigenvalue weighted by atomic mass is 79.9. The van der Waals surface area contributed by atoms with Crippen LogP contribution in [0.2, 0.25) is 0 Å². The molecule has 2 aromatic rings. The van der Waals surface area contributed by atoms with E-state index in [1.807, 2.05) is 65.0 Å². The molecule has 0 aliphatic heterocycles. The lowest BCUT2D eigenvalue weighted by Crippen LogP contribution is -2.59. The summed E-state index contributed by atoms with van der Waals surface area (Å²) >= 11 is 3.12. The molecule has 0 radical (unpaired) electrons. The van der Waals surface area contributed by atoms with Crippen LogP contribution in [0.25, 0.3) is 0 Å². The fraction of sp³-hybridized carbons (Fsp3) is 0.517. The zero-order valence-electron chi connectivity index (χ0n) is 23.4. The minimum absolute atomic E-state index is 0.0467. The molecular formula is C29H42BrN3O5S. The van der Waals surface area contributed by atoms with Crippen LogP contribution >= 0.6 is 15.9 Å². The number of alkyl halides is 1. The molecule has 0 bridgehead atoms. The summed E-state index contributed by atoms with van der Waals surface area (Å²) in [6.07, 6.45) is -0.327. The predicted octanol–water partition coefficient (Wildman–Crippen LogP) is 3.74. The molecule has 0 aliphatic rings. The van der Waals surface area contributed by atoms with Gasteiger partial charge in [0, 0.05) is 13.1 Å². The Morgan fingerprint density at radius 1 is 0.974 bits per heavy atom. The van der Waals surface area contributed by atoms with Gasteiger partial charge in [-0.2, -0.15) is 4.31 Å². The lowest BCUT2D eigenvalue weighted by molar-refractivity contribution is -0.131. The van der Waals surface area contributed by atoms with E-state index in [0.717, 1.165) is 5.56 Å². The number of nitrogens with one attached hydrogen (secondary N) is 2. The van der Waals surface area contributed by atoms with E-state index in [1.54, 1.807) is 18.2 Å². The molecule has 2 aromatic carbocycles. The van der Waals surface area contributed by atoms with Gasteiger partial charge in [0.05, 0.1) is 22.4 Å². The third-order valence-corrected chi connectivity index (χ3v) is 8.76. The van der Waals surface area contributed by atoms with Crippen molar-refractivity contribution in [2.24, 2.45) is 11.3 Å². The molecule has 0 saturated carbocycles. The normalized spacial score (nSPS) is 14.6. The molecule has 3 unspecified atom stereocenters. The van der Waals surface area contributed by atoms with Crippen molar-refractivity contribution in [1.82, 2.24) is 14.9 Å². The first-order valence-corrected chi connectivity index (χ1v) is 15.7. The Morgan fingerprint density at radius 3 is 2.05 bits per heavy atom. The molecule has 216 valence electrons. The highest BCUT2D eigenvalue weighted by molar-refractivity contribution is 9.09. The van der Waals surface area contributed by atoms with Crippen LogP contribution in [0.5, 0.6) is 0 Å². The molecule has 10 heteroatoms. The van der Waals surface area contributed by atoms with Gasteiger partial charge in [-0.05, 0) is 41.9 Å². The number of carbonyl (C=O) groups is 2. The molecule has 2 amide bonds. The molecule has 3 atom stereocenters. The Hall–Kier alpha value is -2.27. The van der Waals surface area contributed by atoms with Gasteiger partial charge in [-0.15, -0.1) is 0 Å².